The lowest BCUT2D eigenvalue weighted by atomic mass is 9.85. The molecule has 0 saturated carbocycles. The largest absolute Gasteiger partial charge is 0.494 e. The lowest BCUT2D eigenvalue weighted by Crippen LogP contribution is -2.65. The second-order valence-corrected chi connectivity index (χ2v) is 13.4. The monoisotopic (exact) mass is 635 g/mol. The van der Waals surface area contributed by atoms with Gasteiger partial charge in [-0.2, -0.15) is 0 Å². The van der Waals surface area contributed by atoms with Crippen LogP contribution in [0.4, 0.5) is 0 Å². The number of nitrogens with one attached hydrogen (secondary N) is 1. The van der Waals surface area contributed by atoms with Crippen molar-refractivity contribution in [2.24, 2.45) is 0 Å². The summed E-state index contributed by atoms with van der Waals surface area (Å²) in [4.78, 5) is 40.4. The first-order chi connectivity index (χ1) is 22.9. The molecule has 3 atom stereocenters. The third-order valence-electron chi connectivity index (χ3n) is 10.0. The van der Waals surface area contributed by atoms with Crippen LogP contribution in [0.2, 0.25) is 0 Å². The lowest BCUT2D eigenvalue weighted by molar-refractivity contribution is -0.160. The van der Waals surface area contributed by atoms with Crippen LogP contribution in [-0.2, 0) is 22.6 Å². The van der Waals surface area contributed by atoms with Gasteiger partial charge in [0, 0.05) is 55.2 Å². The van der Waals surface area contributed by atoms with Gasteiger partial charge in [-0.15, -0.1) is 0 Å². The zero-order chi connectivity index (χ0) is 32.1. The summed E-state index contributed by atoms with van der Waals surface area (Å²) in [5.74, 6) is 2.25. The number of aromatic amines is 1. The quantitative estimate of drug-likeness (QED) is 0.276. The van der Waals surface area contributed by atoms with E-state index in [1.54, 1.807) is 0 Å². The smallest absolute Gasteiger partial charge is 0.246 e. The molecule has 0 unspecified atom stereocenters. The van der Waals surface area contributed by atoms with Gasteiger partial charge in [0.1, 0.15) is 18.3 Å². The van der Waals surface area contributed by atoms with E-state index in [-0.39, 0.29) is 31.2 Å². The third kappa shape index (κ3) is 5.59. The van der Waals surface area contributed by atoms with Gasteiger partial charge in [0.2, 0.25) is 18.6 Å². The number of benzene rings is 3. The molecule has 4 aromatic rings. The molecule has 0 spiro atoms. The first-order valence-corrected chi connectivity index (χ1v) is 16.6. The minimum absolute atomic E-state index is 0.00117. The van der Waals surface area contributed by atoms with Gasteiger partial charge in [0.25, 0.3) is 0 Å². The number of H-pyrrole nitrogens is 1. The number of piperazine rings is 1. The summed E-state index contributed by atoms with van der Waals surface area (Å²) in [7, 11) is 4.14. The molecule has 10 heteroatoms. The number of para-hydroxylation sites is 1. The summed E-state index contributed by atoms with van der Waals surface area (Å²) in [6.07, 6.45) is 2.33. The van der Waals surface area contributed by atoms with Crippen LogP contribution in [0, 0.1) is 0 Å². The Morgan fingerprint density at radius 2 is 1.83 bits per heavy atom. The minimum atomic E-state index is -0.572. The van der Waals surface area contributed by atoms with Crippen molar-refractivity contribution < 1.29 is 23.8 Å². The highest BCUT2D eigenvalue weighted by atomic mass is 16.7. The van der Waals surface area contributed by atoms with E-state index >= 15 is 0 Å². The second kappa shape index (κ2) is 12.2. The molecule has 4 aliphatic rings. The molecule has 3 aromatic carbocycles. The molecule has 4 aliphatic heterocycles. The zero-order valence-corrected chi connectivity index (χ0v) is 27.0. The highest BCUT2D eigenvalue weighted by Gasteiger charge is 2.50. The minimum Gasteiger partial charge on any atom is -0.494 e. The molecule has 2 saturated heterocycles. The van der Waals surface area contributed by atoms with E-state index < -0.39 is 12.1 Å². The lowest BCUT2D eigenvalue weighted by Gasteiger charge is -2.48. The molecule has 244 valence electrons. The Bertz CT molecular complexity index is 1800. The molecule has 2 fully saturated rings. The van der Waals surface area contributed by atoms with Crippen LogP contribution in [-0.4, -0.2) is 102 Å². The van der Waals surface area contributed by atoms with Crippen molar-refractivity contribution in [2.75, 3.05) is 53.7 Å². The van der Waals surface area contributed by atoms with Crippen LogP contribution in [0.25, 0.3) is 10.9 Å². The Labute approximate surface area is 274 Å². The standard InChI is InChI=1S/C37H41N5O5/c1-39(2)15-5-17-45-27-11-8-24(9-12-27)20-40-16-14-26(21-40)41-22-34(43)42-31(37(41)44)19-29-28-6-3-4-7-30(28)38-35(29)36(42)25-10-13-32-33(18-25)47-23-46-32/h3-4,6-13,18,26,31,36,38H,5,14-17,19-23H2,1-2H3/t26-,31-,36-/m1/s1. The van der Waals surface area contributed by atoms with Gasteiger partial charge in [-0.05, 0) is 74.0 Å². The van der Waals surface area contributed by atoms with Gasteiger partial charge >= 0.3 is 0 Å². The van der Waals surface area contributed by atoms with Crippen LogP contribution < -0.4 is 14.2 Å². The van der Waals surface area contributed by atoms with Gasteiger partial charge in [0.15, 0.2) is 11.5 Å². The van der Waals surface area contributed by atoms with E-state index in [0.717, 1.165) is 72.5 Å². The van der Waals surface area contributed by atoms with Crippen LogP contribution in [0.15, 0.2) is 66.7 Å². The molecule has 5 heterocycles. The van der Waals surface area contributed by atoms with E-state index in [9.17, 15) is 9.59 Å². The maximum absolute atomic E-state index is 14.4. The summed E-state index contributed by atoms with van der Waals surface area (Å²) >= 11 is 0. The highest BCUT2D eigenvalue weighted by Crippen LogP contribution is 2.45. The number of amides is 2. The van der Waals surface area contributed by atoms with Crippen LogP contribution in [0.5, 0.6) is 17.2 Å². The number of fused-ring (bicyclic) bond motifs is 5. The van der Waals surface area contributed by atoms with Gasteiger partial charge in [0.05, 0.1) is 12.6 Å². The van der Waals surface area contributed by atoms with Crippen molar-refractivity contribution in [3.8, 4) is 17.2 Å². The molecule has 10 nitrogen and oxygen atoms in total. The molecule has 0 bridgehead atoms. The predicted octanol–water partition coefficient (Wildman–Crippen LogP) is 4.19. The van der Waals surface area contributed by atoms with Crippen molar-refractivity contribution in [1.82, 2.24) is 24.6 Å². The molecule has 47 heavy (non-hydrogen) atoms. The predicted molar refractivity (Wildman–Crippen MR) is 178 cm³/mol. The number of hydrogen-bond donors (Lipinski definition) is 1. The summed E-state index contributed by atoms with van der Waals surface area (Å²) in [6.45, 7) is 4.39. The maximum atomic E-state index is 14.4. The number of rotatable bonds is 9. The SMILES string of the molecule is CN(C)CCCOc1ccc(CN2CC[C@@H](N3CC(=O)N4[C@H](c5ccc6c(c5)OCO6)c5[nH]c6ccccc6c5C[C@@H]4C3=O)C2)cc1. The molecule has 1 aromatic heterocycles. The van der Waals surface area contributed by atoms with Gasteiger partial charge in [-0.1, -0.05) is 36.4 Å². The summed E-state index contributed by atoms with van der Waals surface area (Å²) < 4.78 is 17.2. The molecule has 2 amide bonds. The van der Waals surface area contributed by atoms with E-state index in [1.165, 1.54) is 5.56 Å². The van der Waals surface area contributed by atoms with Crippen molar-refractivity contribution in [2.45, 2.75) is 43.9 Å². The molecule has 0 aliphatic carbocycles. The van der Waals surface area contributed by atoms with Crippen molar-refractivity contribution in [3.63, 3.8) is 0 Å². The summed E-state index contributed by atoms with van der Waals surface area (Å²) in [5, 5.41) is 1.10. The number of hydrogen-bond acceptors (Lipinski definition) is 7. The Kier molecular flexibility index (Phi) is 7.77. The Morgan fingerprint density at radius 1 is 1.00 bits per heavy atom. The van der Waals surface area contributed by atoms with E-state index in [1.807, 2.05) is 52.3 Å². The van der Waals surface area contributed by atoms with Crippen LogP contribution in [0.3, 0.4) is 0 Å². The van der Waals surface area contributed by atoms with Gasteiger partial charge in [-0.25, -0.2) is 0 Å². The Balaban J connectivity index is 0.996. The van der Waals surface area contributed by atoms with Crippen molar-refractivity contribution in [1.29, 1.82) is 0 Å². The molecule has 8 rings (SSSR count). The number of aromatic nitrogens is 1. The van der Waals surface area contributed by atoms with Crippen molar-refractivity contribution >= 4 is 22.7 Å². The molecular formula is C37H41N5O5. The van der Waals surface area contributed by atoms with E-state index in [0.29, 0.717) is 24.5 Å². The molecular weight excluding hydrogens is 594 g/mol. The number of ether oxygens (including phenoxy) is 3. The van der Waals surface area contributed by atoms with Gasteiger partial charge in [-0.3, -0.25) is 14.5 Å². The van der Waals surface area contributed by atoms with Crippen molar-refractivity contribution in [3.05, 3.63) is 89.1 Å². The first kappa shape index (κ1) is 29.8. The van der Waals surface area contributed by atoms with E-state index in [2.05, 4.69) is 53.1 Å². The normalized spacial score (nSPS) is 22.3. The van der Waals surface area contributed by atoms with Gasteiger partial charge < -0.3 is 33.9 Å². The first-order valence-electron chi connectivity index (χ1n) is 16.6. The van der Waals surface area contributed by atoms with E-state index in [4.69, 9.17) is 14.2 Å². The second-order valence-electron chi connectivity index (χ2n) is 13.4. The highest BCUT2D eigenvalue weighted by molar-refractivity contribution is 5.98. The fraction of sp³-hybridized carbons (Fsp3) is 0.405. The number of carbonyl (C=O) groups is 2. The number of likely N-dealkylation sites (tertiary alicyclic amines) is 1. The maximum Gasteiger partial charge on any atom is 0.246 e. The summed E-state index contributed by atoms with van der Waals surface area (Å²) in [5.41, 5.74) is 5.19. The van der Waals surface area contributed by atoms with Crippen LogP contribution in [0.1, 0.15) is 41.3 Å². The average Bonchev–Trinajstić information content (AvgIpc) is 3.83. The number of carbonyl (C=O) groups excluding carboxylic acids is 2. The third-order valence-corrected chi connectivity index (χ3v) is 10.0. The Morgan fingerprint density at radius 3 is 2.68 bits per heavy atom. The fourth-order valence-electron chi connectivity index (χ4n) is 7.76. The average molecular weight is 636 g/mol. The molecule has 1 N–H and O–H groups in total. The zero-order valence-electron chi connectivity index (χ0n) is 27.0. The number of nitrogens with zero attached hydrogens (tertiary/aromatic N) is 4. The Hall–Kier alpha value is -4.54. The fourth-order valence-corrected chi connectivity index (χ4v) is 7.76. The summed E-state index contributed by atoms with van der Waals surface area (Å²) in [6, 6.07) is 21.4. The topological polar surface area (TPSA) is 90.6 Å². The molecule has 0 radical (unpaired) electrons. The van der Waals surface area contributed by atoms with Crippen LogP contribution >= 0.6 is 0 Å².